The molecule has 0 atom stereocenters. The summed E-state index contributed by atoms with van der Waals surface area (Å²) in [6.45, 7) is -0.0171. The minimum Gasteiger partial charge on any atom is -0.478 e. The SMILES string of the molecule is Cn1ccc(CNS(=O)(=O)c2cc(C(=O)O)ccc2Cl)n1. The van der Waals surface area contributed by atoms with Crippen molar-refractivity contribution in [2.45, 2.75) is 11.4 Å². The molecule has 112 valence electrons. The van der Waals surface area contributed by atoms with Crippen molar-refractivity contribution < 1.29 is 18.3 Å². The van der Waals surface area contributed by atoms with Gasteiger partial charge in [0.15, 0.2) is 0 Å². The van der Waals surface area contributed by atoms with Crippen LogP contribution in [0.5, 0.6) is 0 Å². The molecule has 7 nitrogen and oxygen atoms in total. The van der Waals surface area contributed by atoms with E-state index in [0.717, 1.165) is 6.07 Å². The van der Waals surface area contributed by atoms with Gasteiger partial charge < -0.3 is 5.11 Å². The van der Waals surface area contributed by atoms with Gasteiger partial charge in [0, 0.05) is 13.2 Å². The Morgan fingerprint density at radius 2 is 2.14 bits per heavy atom. The maximum atomic E-state index is 12.2. The molecule has 0 aliphatic carbocycles. The van der Waals surface area contributed by atoms with Crippen molar-refractivity contribution in [2.24, 2.45) is 7.05 Å². The second-order valence-corrected chi connectivity index (χ2v) is 6.40. The number of aromatic carboxylic acids is 1. The molecule has 0 aliphatic rings. The van der Waals surface area contributed by atoms with Crippen molar-refractivity contribution in [3.63, 3.8) is 0 Å². The summed E-state index contributed by atoms with van der Waals surface area (Å²) in [5.74, 6) is -1.23. The van der Waals surface area contributed by atoms with Gasteiger partial charge in [-0.05, 0) is 24.3 Å². The fourth-order valence-electron chi connectivity index (χ4n) is 1.65. The largest absolute Gasteiger partial charge is 0.478 e. The van der Waals surface area contributed by atoms with Crippen molar-refractivity contribution in [1.82, 2.24) is 14.5 Å². The number of nitrogens with zero attached hydrogens (tertiary/aromatic N) is 2. The Morgan fingerprint density at radius 1 is 1.43 bits per heavy atom. The monoisotopic (exact) mass is 329 g/mol. The van der Waals surface area contributed by atoms with E-state index in [1.807, 2.05) is 0 Å². The van der Waals surface area contributed by atoms with Crippen molar-refractivity contribution in [2.75, 3.05) is 0 Å². The zero-order valence-corrected chi connectivity index (χ0v) is 12.5. The predicted molar refractivity (Wildman–Crippen MR) is 75.6 cm³/mol. The number of nitrogens with one attached hydrogen (secondary N) is 1. The van der Waals surface area contributed by atoms with Gasteiger partial charge in [0.05, 0.1) is 22.8 Å². The molecule has 2 aromatic rings. The Labute approximate surface area is 126 Å². The summed E-state index contributed by atoms with van der Waals surface area (Å²) in [5.41, 5.74) is 0.379. The number of aromatic nitrogens is 2. The van der Waals surface area contributed by atoms with E-state index in [1.165, 1.54) is 12.1 Å². The zero-order chi connectivity index (χ0) is 15.6. The summed E-state index contributed by atoms with van der Waals surface area (Å²) in [6, 6.07) is 5.16. The molecule has 0 saturated heterocycles. The van der Waals surface area contributed by atoms with Gasteiger partial charge >= 0.3 is 5.97 Å². The van der Waals surface area contributed by atoms with E-state index >= 15 is 0 Å². The summed E-state index contributed by atoms with van der Waals surface area (Å²) in [5, 5.41) is 12.9. The van der Waals surface area contributed by atoms with Crippen LogP contribution in [0.15, 0.2) is 35.4 Å². The summed E-state index contributed by atoms with van der Waals surface area (Å²) in [4.78, 5) is 10.6. The smallest absolute Gasteiger partial charge is 0.335 e. The first-order valence-corrected chi connectivity index (χ1v) is 7.67. The quantitative estimate of drug-likeness (QED) is 0.859. The number of carboxylic acids is 1. The molecular weight excluding hydrogens is 318 g/mol. The second-order valence-electron chi connectivity index (χ2n) is 4.26. The Balaban J connectivity index is 2.26. The van der Waals surface area contributed by atoms with Gasteiger partial charge in [0.25, 0.3) is 0 Å². The Bertz CT molecular complexity index is 786. The number of aryl methyl sites for hydroxylation is 1. The second kappa shape index (κ2) is 5.84. The van der Waals surface area contributed by atoms with Gasteiger partial charge in [-0.15, -0.1) is 0 Å². The predicted octanol–water partition coefficient (Wildman–Crippen LogP) is 1.25. The van der Waals surface area contributed by atoms with Crippen LogP contribution in [-0.4, -0.2) is 29.3 Å². The van der Waals surface area contributed by atoms with E-state index < -0.39 is 16.0 Å². The Kier molecular flexibility index (Phi) is 4.31. The van der Waals surface area contributed by atoms with Crippen molar-refractivity contribution in [3.05, 3.63) is 46.7 Å². The van der Waals surface area contributed by atoms with Gasteiger partial charge in [0.2, 0.25) is 10.0 Å². The average Bonchev–Trinajstić information content (AvgIpc) is 2.82. The number of benzene rings is 1. The maximum absolute atomic E-state index is 12.2. The molecule has 0 radical (unpaired) electrons. The highest BCUT2D eigenvalue weighted by Gasteiger charge is 2.20. The lowest BCUT2D eigenvalue weighted by molar-refractivity contribution is 0.0696. The average molecular weight is 330 g/mol. The van der Waals surface area contributed by atoms with E-state index in [4.69, 9.17) is 16.7 Å². The number of hydrogen-bond acceptors (Lipinski definition) is 4. The molecule has 21 heavy (non-hydrogen) atoms. The maximum Gasteiger partial charge on any atom is 0.335 e. The summed E-state index contributed by atoms with van der Waals surface area (Å²) in [6.07, 6.45) is 1.68. The third-order valence-electron chi connectivity index (χ3n) is 2.68. The van der Waals surface area contributed by atoms with E-state index in [9.17, 15) is 13.2 Å². The number of carbonyl (C=O) groups is 1. The molecule has 1 aromatic carbocycles. The fourth-order valence-corrected chi connectivity index (χ4v) is 3.17. The number of halogens is 1. The molecule has 0 fully saturated rings. The number of sulfonamides is 1. The van der Waals surface area contributed by atoms with Crippen LogP contribution in [-0.2, 0) is 23.6 Å². The van der Waals surface area contributed by atoms with E-state index in [-0.39, 0.29) is 22.0 Å². The van der Waals surface area contributed by atoms with Crippen LogP contribution < -0.4 is 4.72 Å². The number of hydrogen-bond donors (Lipinski definition) is 2. The third-order valence-corrected chi connectivity index (χ3v) is 4.56. The molecule has 2 rings (SSSR count). The molecule has 0 spiro atoms. The van der Waals surface area contributed by atoms with Crippen molar-refractivity contribution in [1.29, 1.82) is 0 Å². The van der Waals surface area contributed by atoms with Gasteiger partial charge in [-0.3, -0.25) is 4.68 Å². The highest BCUT2D eigenvalue weighted by Crippen LogP contribution is 2.22. The van der Waals surface area contributed by atoms with Gasteiger partial charge in [0.1, 0.15) is 4.90 Å². The van der Waals surface area contributed by atoms with Crippen LogP contribution in [0.2, 0.25) is 5.02 Å². The molecule has 0 amide bonds. The molecule has 0 aliphatic heterocycles. The van der Waals surface area contributed by atoms with Gasteiger partial charge in [-0.2, -0.15) is 5.10 Å². The first-order chi connectivity index (χ1) is 9.79. The summed E-state index contributed by atoms with van der Waals surface area (Å²) < 4.78 is 28.2. The molecular formula is C12H12ClN3O4S. The van der Waals surface area contributed by atoms with Crippen LogP contribution in [0, 0.1) is 0 Å². The van der Waals surface area contributed by atoms with Gasteiger partial charge in [-0.25, -0.2) is 17.9 Å². The van der Waals surface area contributed by atoms with Crippen molar-refractivity contribution >= 4 is 27.6 Å². The highest BCUT2D eigenvalue weighted by molar-refractivity contribution is 7.89. The minimum absolute atomic E-state index is 0.0171. The lowest BCUT2D eigenvalue weighted by Crippen LogP contribution is -2.24. The van der Waals surface area contributed by atoms with Crippen molar-refractivity contribution in [3.8, 4) is 0 Å². The first-order valence-electron chi connectivity index (χ1n) is 5.80. The zero-order valence-electron chi connectivity index (χ0n) is 10.9. The molecule has 0 bridgehead atoms. The van der Waals surface area contributed by atoms with Crippen LogP contribution in [0.4, 0.5) is 0 Å². The summed E-state index contributed by atoms with van der Waals surface area (Å²) in [7, 11) is -2.22. The molecule has 0 unspecified atom stereocenters. The molecule has 2 N–H and O–H groups in total. The molecule has 9 heteroatoms. The first kappa shape index (κ1) is 15.5. The Morgan fingerprint density at radius 3 is 2.71 bits per heavy atom. The lowest BCUT2D eigenvalue weighted by atomic mass is 10.2. The normalized spacial score (nSPS) is 11.5. The van der Waals surface area contributed by atoms with Crippen LogP contribution in [0.3, 0.4) is 0 Å². The Hall–Kier alpha value is -1.90. The van der Waals surface area contributed by atoms with E-state index in [2.05, 4.69) is 9.82 Å². The highest BCUT2D eigenvalue weighted by atomic mass is 35.5. The van der Waals surface area contributed by atoms with E-state index in [0.29, 0.717) is 5.69 Å². The minimum atomic E-state index is -3.93. The molecule has 1 heterocycles. The van der Waals surface area contributed by atoms with Crippen LogP contribution >= 0.6 is 11.6 Å². The molecule has 1 aromatic heterocycles. The fraction of sp³-hybridized carbons (Fsp3) is 0.167. The van der Waals surface area contributed by atoms with Crippen LogP contribution in [0.1, 0.15) is 16.1 Å². The molecule has 0 saturated carbocycles. The lowest BCUT2D eigenvalue weighted by Gasteiger charge is -2.08. The third kappa shape index (κ3) is 3.60. The summed E-state index contributed by atoms with van der Waals surface area (Å²) >= 11 is 5.84. The number of carboxylic acid groups (broad SMARTS) is 1. The van der Waals surface area contributed by atoms with Crippen LogP contribution in [0.25, 0.3) is 0 Å². The standard InChI is InChI=1S/C12H12ClN3O4S/c1-16-5-4-9(15-16)7-14-21(19,20)11-6-8(12(17)18)2-3-10(11)13/h2-6,14H,7H2,1H3,(H,17,18). The topological polar surface area (TPSA) is 101 Å². The van der Waals surface area contributed by atoms with E-state index in [1.54, 1.807) is 24.0 Å². The number of rotatable bonds is 5. The van der Waals surface area contributed by atoms with Gasteiger partial charge in [-0.1, -0.05) is 11.6 Å².